The molecule has 0 atom stereocenters. The molecular weight excluding hydrogens is 477 g/mol. The smallest absolute Gasteiger partial charge is 0.462 e. The molecule has 1 saturated carbocycles. The van der Waals surface area contributed by atoms with Crippen molar-refractivity contribution in [3.05, 3.63) is 54.2 Å². The number of aliphatic hydroxyl groups is 1. The van der Waals surface area contributed by atoms with Crippen LogP contribution in [0.15, 0.2) is 48.7 Å². The normalized spacial score (nSPS) is 15.0. The van der Waals surface area contributed by atoms with Crippen LogP contribution >= 0.6 is 0 Å². The highest BCUT2D eigenvalue weighted by molar-refractivity contribution is 6.04. The Kier molecular flexibility index (Phi) is 8.57. The highest BCUT2D eigenvalue weighted by Crippen LogP contribution is 2.36. The number of fused-ring (bicyclic) bond motifs is 1. The average molecular weight is 507 g/mol. The fourth-order valence-electron chi connectivity index (χ4n) is 4.21. The molecule has 1 heterocycles. The number of alkyl halides is 3. The Balaban J connectivity index is 0.000000392. The van der Waals surface area contributed by atoms with Gasteiger partial charge in [-0.25, -0.2) is 9.48 Å². The first kappa shape index (κ1) is 27.0. The van der Waals surface area contributed by atoms with E-state index in [1.165, 1.54) is 19.3 Å². The van der Waals surface area contributed by atoms with Gasteiger partial charge in [0.1, 0.15) is 5.52 Å². The molecule has 1 aliphatic carbocycles. The Hall–Kier alpha value is -3.60. The Morgan fingerprint density at radius 3 is 2.33 bits per heavy atom. The van der Waals surface area contributed by atoms with Crippen LogP contribution in [0.5, 0.6) is 0 Å². The molecule has 4 rings (SSSR count). The molecule has 1 aliphatic rings. The molecule has 2 aromatic carbocycles. The molecule has 36 heavy (non-hydrogen) atoms. The van der Waals surface area contributed by atoms with Gasteiger partial charge in [0.05, 0.1) is 25.0 Å². The molecule has 0 radical (unpaired) electrons. The lowest BCUT2D eigenvalue weighted by Gasteiger charge is -2.36. The number of anilines is 1. The number of rotatable bonds is 6. The zero-order chi connectivity index (χ0) is 26.3. The van der Waals surface area contributed by atoms with Crippen LogP contribution in [-0.4, -0.2) is 53.2 Å². The van der Waals surface area contributed by atoms with Crippen LogP contribution in [0.1, 0.15) is 42.5 Å². The van der Waals surface area contributed by atoms with Crippen molar-refractivity contribution in [1.82, 2.24) is 9.78 Å². The van der Waals surface area contributed by atoms with E-state index in [0.717, 1.165) is 36.1 Å². The fraction of sp³-hybridized carbons (Fsp3) is 0.400. The van der Waals surface area contributed by atoms with Gasteiger partial charge in [-0.3, -0.25) is 4.79 Å². The van der Waals surface area contributed by atoms with E-state index in [-0.39, 0.29) is 12.0 Å². The molecule has 0 saturated heterocycles. The number of amides is 1. The highest BCUT2D eigenvalue weighted by atomic mass is 19.4. The maximum Gasteiger partial charge on any atom is 0.490 e. The van der Waals surface area contributed by atoms with Crippen LogP contribution in [0, 0.1) is 5.41 Å². The summed E-state index contributed by atoms with van der Waals surface area (Å²) in [4.78, 5) is 21.1. The molecule has 8 nitrogen and oxygen atoms in total. The van der Waals surface area contributed by atoms with E-state index in [1.54, 1.807) is 10.7 Å². The zero-order valence-corrected chi connectivity index (χ0v) is 19.8. The highest BCUT2D eigenvalue weighted by Gasteiger charge is 2.40. The molecule has 194 valence electrons. The van der Waals surface area contributed by atoms with Gasteiger partial charge in [0.15, 0.2) is 0 Å². The Morgan fingerprint density at radius 2 is 1.81 bits per heavy atom. The second-order valence-corrected chi connectivity index (χ2v) is 8.79. The molecule has 3 aromatic rings. The second kappa shape index (κ2) is 11.4. The number of halogens is 3. The Morgan fingerprint density at radius 1 is 1.14 bits per heavy atom. The first-order chi connectivity index (χ1) is 17.1. The lowest BCUT2D eigenvalue weighted by molar-refractivity contribution is -0.196. The van der Waals surface area contributed by atoms with Gasteiger partial charge in [-0.2, -0.15) is 18.3 Å². The number of esters is 1. The molecular formula is C25H29F3N4O4. The summed E-state index contributed by atoms with van der Waals surface area (Å²) in [6, 6.07) is 13.4. The van der Waals surface area contributed by atoms with Crippen molar-refractivity contribution in [3.63, 3.8) is 0 Å². The topological polar surface area (TPSA) is 119 Å². The quantitative estimate of drug-likeness (QED) is 0.431. The van der Waals surface area contributed by atoms with Crippen molar-refractivity contribution in [2.45, 2.75) is 38.3 Å². The van der Waals surface area contributed by atoms with Crippen molar-refractivity contribution in [3.8, 4) is 5.69 Å². The summed E-state index contributed by atoms with van der Waals surface area (Å²) in [5.41, 5.74) is 8.42. The van der Waals surface area contributed by atoms with Crippen LogP contribution in [0.2, 0.25) is 0 Å². The third kappa shape index (κ3) is 6.54. The summed E-state index contributed by atoms with van der Waals surface area (Å²) in [7, 11) is 0.676. The van der Waals surface area contributed by atoms with Gasteiger partial charge < -0.3 is 20.9 Å². The average Bonchev–Trinajstić information content (AvgIpc) is 3.32. The van der Waals surface area contributed by atoms with E-state index in [4.69, 9.17) is 5.73 Å². The van der Waals surface area contributed by atoms with Gasteiger partial charge in [0, 0.05) is 29.2 Å². The lowest BCUT2D eigenvalue weighted by atomic mass is 9.74. The monoisotopic (exact) mass is 506 g/mol. The molecule has 0 bridgehead atoms. The second-order valence-electron chi connectivity index (χ2n) is 8.79. The number of nitrogens with two attached hydrogens (primary N) is 1. The van der Waals surface area contributed by atoms with Gasteiger partial charge >= 0.3 is 12.1 Å². The van der Waals surface area contributed by atoms with Crippen LogP contribution in [0.3, 0.4) is 0 Å². The summed E-state index contributed by atoms with van der Waals surface area (Å²) in [6.45, 7) is 1.02. The predicted octanol–water partition coefficient (Wildman–Crippen LogP) is 4.20. The van der Waals surface area contributed by atoms with Crippen LogP contribution < -0.4 is 11.1 Å². The van der Waals surface area contributed by atoms with E-state index < -0.39 is 18.1 Å². The number of primary amides is 1. The van der Waals surface area contributed by atoms with Crippen LogP contribution in [0.4, 0.5) is 18.9 Å². The van der Waals surface area contributed by atoms with Crippen molar-refractivity contribution >= 4 is 28.5 Å². The number of carbonyl (C=O) groups excluding carboxylic acids is 2. The molecule has 0 unspecified atom stereocenters. The minimum atomic E-state index is -4.85. The summed E-state index contributed by atoms with van der Waals surface area (Å²) >= 11 is 0. The number of nitrogens with zero attached hydrogens (tertiary/aromatic N) is 2. The minimum absolute atomic E-state index is 0.00178. The molecule has 1 aromatic heterocycles. The number of aliphatic hydroxyl groups excluding tert-OH is 1. The summed E-state index contributed by atoms with van der Waals surface area (Å²) in [5.74, 6) is -2.64. The van der Waals surface area contributed by atoms with E-state index in [1.807, 2.05) is 42.6 Å². The predicted molar refractivity (Wildman–Crippen MR) is 129 cm³/mol. The number of ether oxygens (including phenoxy) is 1. The Bertz CT molecular complexity index is 1190. The minimum Gasteiger partial charge on any atom is -0.462 e. The largest absolute Gasteiger partial charge is 0.490 e. The first-order valence-corrected chi connectivity index (χ1v) is 11.5. The molecule has 4 N–H and O–H groups in total. The van der Waals surface area contributed by atoms with Crippen molar-refractivity contribution < 1.29 is 32.6 Å². The number of carbonyl (C=O) groups is 2. The number of nitrogens with one attached hydrogen (secondary N) is 1. The van der Waals surface area contributed by atoms with Crippen LogP contribution in [-0.2, 0) is 9.53 Å². The van der Waals surface area contributed by atoms with E-state index >= 15 is 0 Å². The number of aromatic nitrogens is 2. The molecule has 11 heteroatoms. The zero-order valence-electron chi connectivity index (χ0n) is 19.8. The van der Waals surface area contributed by atoms with E-state index in [0.29, 0.717) is 18.2 Å². The van der Waals surface area contributed by atoms with Gasteiger partial charge in [0.2, 0.25) is 0 Å². The maximum atomic E-state index is 11.6. The number of benzene rings is 2. The third-order valence-corrected chi connectivity index (χ3v) is 6.27. The summed E-state index contributed by atoms with van der Waals surface area (Å²) < 4.78 is 38.0. The van der Waals surface area contributed by atoms with Gasteiger partial charge in [-0.05, 0) is 43.2 Å². The van der Waals surface area contributed by atoms with Crippen molar-refractivity contribution in [2.24, 2.45) is 11.1 Å². The molecule has 1 amide bonds. The third-order valence-electron chi connectivity index (χ3n) is 6.27. The van der Waals surface area contributed by atoms with Gasteiger partial charge in [-0.1, -0.05) is 31.4 Å². The first-order valence-electron chi connectivity index (χ1n) is 11.5. The lowest BCUT2D eigenvalue weighted by Crippen LogP contribution is -2.35. The van der Waals surface area contributed by atoms with E-state index in [2.05, 4.69) is 15.2 Å². The molecule has 0 aliphatic heterocycles. The van der Waals surface area contributed by atoms with Crippen molar-refractivity contribution in [1.29, 1.82) is 0 Å². The van der Waals surface area contributed by atoms with Gasteiger partial charge in [0.25, 0.3) is 5.91 Å². The molecule has 1 fully saturated rings. The maximum absolute atomic E-state index is 11.6. The molecule has 0 spiro atoms. The Labute approximate surface area is 206 Å². The number of hydrogen-bond acceptors (Lipinski definition) is 6. The van der Waals surface area contributed by atoms with E-state index in [9.17, 15) is 27.9 Å². The SMILES string of the molecule is COC(=O)C(F)(F)F.NC(=O)c1cccc2cn(-c3ccc(NCC4(CO)CCCCC4)cc3)nc12. The van der Waals surface area contributed by atoms with Crippen molar-refractivity contribution in [2.75, 3.05) is 25.6 Å². The fourth-order valence-corrected chi connectivity index (χ4v) is 4.21. The standard InChI is InChI=1S/C22H26N4O2.C3H3F3O2/c23-21(28)19-6-4-5-16-13-26(25-20(16)19)18-9-7-17(8-10-18)24-14-22(15-27)11-2-1-3-12-22;1-8-2(7)3(4,5)6/h4-10,13,24,27H,1-3,11-12,14-15H2,(H2,23,28);1H3. The number of methoxy groups -OCH3 is 1. The van der Waals surface area contributed by atoms with Gasteiger partial charge in [-0.15, -0.1) is 0 Å². The summed E-state index contributed by atoms with van der Waals surface area (Å²) in [5, 5.41) is 18.8. The summed E-state index contributed by atoms with van der Waals surface area (Å²) in [6.07, 6.45) is 2.86. The van der Waals surface area contributed by atoms with Crippen LogP contribution in [0.25, 0.3) is 16.6 Å². The number of hydrogen-bond donors (Lipinski definition) is 3.